The molecule has 0 aliphatic carbocycles. The van der Waals surface area contributed by atoms with Gasteiger partial charge in [-0.3, -0.25) is 4.79 Å². The van der Waals surface area contributed by atoms with Crippen molar-refractivity contribution in [1.82, 2.24) is 0 Å². The Bertz CT molecular complexity index is 582. The molecule has 0 aromatic heterocycles. The Morgan fingerprint density at radius 1 is 1.35 bits per heavy atom. The number of carbonyl (C=O) groups is 2. The van der Waals surface area contributed by atoms with Gasteiger partial charge in [0.1, 0.15) is 5.60 Å². The van der Waals surface area contributed by atoms with Crippen LogP contribution in [-0.2, 0) is 25.5 Å². The minimum absolute atomic E-state index is 0.318. The number of aliphatic hydroxyl groups excluding tert-OH is 1. The summed E-state index contributed by atoms with van der Waals surface area (Å²) in [5.41, 5.74) is 1.36. The van der Waals surface area contributed by atoms with Crippen molar-refractivity contribution < 1.29 is 24.2 Å². The molecule has 0 heterocycles. The van der Waals surface area contributed by atoms with Gasteiger partial charge in [-0.1, -0.05) is 19.1 Å². The summed E-state index contributed by atoms with van der Waals surface area (Å²) in [7, 11) is 0. The van der Waals surface area contributed by atoms with Gasteiger partial charge in [-0.25, -0.2) is 4.79 Å². The van der Waals surface area contributed by atoms with Crippen molar-refractivity contribution in [3.8, 4) is 0 Å². The van der Waals surface area contributed by atoms with Crippen molar-refractivity contribution in [2.45, 2.75) is 65.3 Å². The van der Waals surface area contributed by atoms with E-state index >= 15 is 0 Å². The molecule has 0 aliphatic heterocycles. The van der Waals surface area contributed by atoms with E-state index in [2.05, 4.69) is 6.92 Å². The fourth-order valence-corrected chi connectivity index (χ4v) is 2.35. The highest BCUT2D eigenvalue weighted by atomic mass is 16.6. The largest absolute Gasteiger partial charge is 0.458 e. The lowest BCUT2D eigenvalue weighted by molar-refractivity contribution is -0.172. The second kappa shape index (κ2) is 10.3. The molecule has 2 atom stereocenters. The van der Waals surface area contributed by atoms with Crippen molar-refractivity contribution in [2.24, 2.45) is 0 Å². The number of aryl methyl sites for hydroxylation is 1. The second-order valence-electron chi connectivity index (χ2n) is 7.23. The zero-order valence-electron chi connectivity index (χ0n) is 16.4. The highest BCUT2D eigenvalue weighted by Crippen LogP contribution is 2.16. The van der Waals surface area contributed by atoms with Crippen LogP contribution in [0.4, 0.5) is 5.69 Å². The van der Waals surface area contributed by atoms with Crippen LogP contribution in [0.5, 0.6) is 0 Å². The normalized spacial score (nSPS) is 13.8. The number of esters is 1. The zero-order chi connectivity index (χ0) is 19.7. The number of amides is 1. The van der Waals surface area contributed by atoms with E-state index in [1.165, 1.54) is 5.56 Å². The maximum absolute atomic E-state index is 11.8. The van der Waals surface area contributed by atoms with Crippen molar-refractivity contribution in [1.29, 1.82) is 0 Å². The molecule has 0 fully saturated rings. The Hall–Kier alpha value is -1.92. The Balaban J connectivity index is 2.44. The predicted octanol–water partition coefficient (Wildman–Crippen LogP) is 2.71. The summed E-state index contributed by atoms with van der Waals surface area (Å²) in [4.78, 5) is 24.8. The number of ether oxygens (including phenoxy) is 2. The summed E-state index contributed by atoms with van der Waals surface area (Å²) in [6.07, 6.45) is 0.272. The maximum atomic E-state index is 11.8. The van der Waals surface area contributed by atoms with Crippen LogP contribution in [0.25, 0.3) is 0 Å². The standard InChI is InChI=1S/C20H31NO5/c1-6-16-9-7-10-17(13-16)21(14-22)11-8-12-25-15(2)18(23)19(24)26-20(3,4)5/h7,9-10,13-15,18,23H,6,8,11-12H2,1-5H3/t15-,18+/m0/s1. The Morgan fingerprint density at radius 3 is 2.62 bits per heavy atom. The molecule has 0 saturated carbocycles. The molecule has 1 amide bonds. The van der Waals surface area contributed by atoms with Crippen molar-refractivity contribution in [2.75, 3.05) is 18.1 Å². The highest BCUT2D eigenvalue weighted by Gasteiger charge is 2.28. The monoisotopic (exact) mass is 365 g/mol. The summed E-state index contributed by atoms with van der Waals surface area (Å²) in [5.74, 6) is -0.698. The molecular formula is C20H31NO5. The van der Waals surface area contributed by atoms with E-state index < -0.39 is 23.8 Å². The average Bonchev–Trinajstić information content (AvgIpc) is 2.59. The predicted molar refractivity (Wildman–Crippen MR) is 101 cm³/mol. The van der Waals surface area contributed by atoms with Crippen LogP contribution in [-0.4, -0.2) is 48.4 Å². The van der Waals surface area contributed by atoms with E-state index in [-0.39, 0.29) is 0 Å². The first-order chi connectivity index (χ1) is 12.2. The first kappa shape index (κ1) is 22.1. The summed E-state index contributed by atoms with van der Waals surface area (Å²) in [6.45, 7) is 9.72. The van der Waals surface area contributed by atoms with Crippen LogP contribution in [0, 0.1) is 0 Å². The second-order valence-corrected chi connectivity index (χ2v) is 7.23. The fraction of sp³-hybridized carbons (Fsp3) is 0.600. The highest BCUT2D eigenvalue weighted by molar-refractivity contribution is 5.75. The van der Waals surface area contributed by atoms with E-state index in [9.17, 15) is 14.7 Å². The number of rotatable bonds is 10. The molecule has 0 unspecified atom stereocenters. The van der Waals surface area contributed by atoms with Gasteiger partial charge in [-0.2, -0.15) is 0 Å². The van der Waals surface area contributed by atoms with Crippen LogP contribution >= 0.6 is 0 Å². The van der Waals surface area contributed by atoms with E-state index in [4.69, 9.17) is 9.47 Å². The summed E-state index contributed by atoms with van der Waals surface area (Å²) in [6, 6.07) is 7.84. The molecule has 26 heavy (non-hydrogen) atoms. The molecule has 0 spiro atoms. The number of nitrogens with zero attached hydrogens (tertiary/aromatic N) is 1. The average molecular weight is 365 g/mol. The van der Waals surface area contributed by atoms with Crippen molar-refractivity contribution in [3.63, 3.8) is 0 Å². The SMILES string of the molecule is CCc1cccc(N(C=O)CCCO[C@@H](C)[C@@H](O)C(=O)OC(C)(C)C)c1. The van der Waals surface area contributed by atoms with Crippen molar-refractivity contribution >= 4 is 18.1 Å². The topological polar surface area (TPSA) is 76.1 Å². The third-order valence-corrected chi connectivity index (χ3v) is 3.79. The quantitative estimate of drug-likeness (QED) is 0.392. The van der Waals surface area contributed by atoms with E-state index in [0.717, 1.165) is 18.5 Å². The number of carbonyl (C=O) groups excluding carboxylic acids is 2. The van der Waals surface area contributed by atoms with Crippen LogP contribution < -0.4 is 4.90 Å². The first-order valence-corrected chi connectivity index (χ1v) is 9.01. The van der Waals surface area contributed by atoms with Crippen molar-refractivity contribution in [3.05, 3.63) is 29.8 Å². The van der Waals surface area contributed by atoms with Gasteiger partial charge in [-0.15, -0.1) is 0 Å². The zero-order valence-corrected chi connectivity index (χ0v) is 16.4. The lowest BCUT2D eigenvalue weighted by atomic mass is 10.1. The van der Waals surface area contributed by atoms with Gasteiger partial charge in [0.05, 0.1) is 6.10 Å². The fourth-order valence-electron chi connectivity index (χ4n) is 2.35. The lowest BCUT2D eigenvalue weighted by Gasteiger charge is -2.24. The van der Waals surface area contributed by atoms with Gasteiger partial charge in [0.25, 0.3) is 0 Å². The molecule has 1 N–H and O–H groups in total. The third kappa shape index (κ3) is 7.54. The lowest BCUT2D eigenvalue weighted by Crippen LogP contribution is -2.39. The number of anilines is 1. The molecule has 1 aromatic rings. The van der Waals surface area contributed by atoms with Gasteiger partial charge in [0.2, 0.25) is 6.41 Å². The molecule has 0 radical (unpaired) electrons. The number of aliphatic hydroxyl groups is 1. The maximum Gasteiger partial charge on any atom is 0.338 e. The Morgan fingerprint density at radius 2 is 2.04 bits per heavy atom. The number of hydrogen-bond acceptors (Lipinski definition) is 5. The first-order valence-electron chi connectivity index (χ1n) is 9.01. The Kier molecular flexibility index (Phi) is 8.75. The minimum Gasteiger partial charge on any atom is -0.458 e. The summed E-state index contributed by atoms with van der Waals surface area (Å²) in [5, 5.41) is 9.97. The Labute approximate surface area is 156 Å². The van der Waals surface area contributed by atoms with Gasteiger partial charge < -0.3 is 19.5 Å². The van der Waals surface area contributed by atoms with Gasteiger partial charge in [0.15, 0.2) is 6.10 Å². The molecule has 6 heteroatoms. The van der Waals surface area contributed by atoms with Crippen LogP contribution in [0.15, 0.2) is 24.3 Å². The molecule has 1 aromatic carbocycles. The molecule has 0 aliphatic rings. The molecule has 1 rings (SSSR count). The summed E-state index contributed by atoms with van der Waals surface area (Å²) < 4.78 is 10.7. The van der Waals surface area contributed by atoms with E-state index in [1.807, 2.05) is 24.3 Å². The number of benzene rings is 1. The minimum atomic E-state index is -1.34. The van der Waals surface area contributed by atoms with Crippen LogP contribution in [0.1, 0.15) is 46.6 Å². The van der Waals surface area contributed by atoms with E-state index in [1.54, 1.807) is 32.6 Å². The van der Waals surface area contributed by atoms with Gasteiger partial charge in [0, 0.05) is 18.8 Å². The molecular weight excluding hydrogens is 334 g/mol. The molecule has 6 nitrogen and oxygen atoms in total. The van der Waals surface area contributed by atoms with Crippen LogP contribution in [0.3, 0.4) is 0 Å². The smallest absolute Gasteiger partial charge is 0.338 e. The molecule has 0 saturated heterocycles. The van der Waals surface area contributed by atoms with E-state index in [0.29, 0.717) is 19.6 Å². The summed E-state index contributed by atoms with van der Waals surface area (Å²) >= 11 is 0. The third-order valence-electron chi connectivity index (χ3n) is 3.79. The van der Waals surface area contributed by atoms with Crippen LogP contribution in [0.2, 0.25) is 0 Å². The molecule has 146 valence electrons. The van der Waals surface area contributed by atoms with Gasteiger partial charge >= 0.3 is 5.97 Å². The van der Waals surface area contributed by atoms with Gasteiger partial charge in [-0.05, 0) is 58.2 Å². The molecule has 0 bridgehead atoms. The number of hydrogen-bond donors (Lipinski definition) is 1.